The summed E-state index contributed by atoms with van der Waals surface area (Å²) < 4.78 is 0. The zero-order valence-electron chi connectivity index (χ0n) is 8.71. The van der Waals surface area contributed by atoms with Crippen LogP contribution in [0.15, 0.2) is 0 Å². The van der Waals surface area contributed by atoms with Gasteiger partial charge in [-0.15, -0.1) is 0 Å². The first kappa shape index (κ1) is 9.47. The van der Waals surface area contributed by atoms with Gasteiger partial charge in [-0.3, -0.25) is 0 Å². The maximum absolute atomic E-state index is 5.81. The fraction of sp³-hybridized carbons (Fsp3) is 1.00. The number of hydrogen-bond donors (Lipinski definition) is 1. The molecule has 0 amide bonds. The van der Waals surface area contributed by atoms with E-state index in [4.69, 9.17) is 5.73 Å². The van der Waals surface area contributed by atoms with Crippen molar-refractivity contribution < 1.29 is 0 Å². The van der Waals surface area contributed by atoms with E-state index < -0.39 is 0 Å². The lowest BCUT2D eigenvalue weighted by Crippen LogP contribution is -2.52. The molecule has 0 radical (unpaired) electrons. The molecule has 2 saturated carbocycles. The van der Waals surface area contributed by atoms with Crippen molar-refractivity contribution in [1.82, 2.24) is 4.90 Å². The van der Waals surface area contributed by atoms with Crippen molar-refractivity contribution in [3.63, 3.8) is 0 Å². The Morgan fingerprint density at radius 3 is 2.15 bits per heavy atom. The van der Waals surface area contributed by atoms with Gasteiger partial charge in [0.25, 0.3) is 0 Å². The largest absolute Gasteiger partial charge is 0.328 e. The molecule has 0 atom stereocenters. The summed E-state index contributed by atoms with van der Waals surface area (Å²) in [5.41, 5.74) is 5.81. The molecule has 2 heteroatoms. The molecule has 2 nitrogen and oxygen atoms in total. The second-order valence-corrected chi connectivity index (χ2v) is 4.84. The first-order valence-electron chi connectivity index (χ1n) is 5.75. The van der Waals surface area contributed by atoms with E-state index in [1.807, 2.05) is 0 Å². The van der Waals surface area contributed by atoms with Crippen molar-refractivity contribution in [3.05, 3.63) is 0 Å². The molecular weight excluding hydrogens is 160 g/mol. The molecule has 2 fully saturated rings. The van der Waals surface area contributed by atoms with Crippen LogP contribution in [0.2, 0.25) is 0 Å². The Hall–Kier alpha value is -0.0800. The molecule has 0 spiro atoms. The Morgan fingerprint density at radius 1 is 1.00 bits per heavy atom. The molecule has 13 heavy (non-hydrogen) atoms. The number of hydrogen-bond acceptors (Lipinski definition) is 2. The van der Waals surface area contributed by atoms with Crippen LogP contribution in [0.3, 0.4) is 0 Å². The molecule has 2 aliphatic rings. The summed E-state index contributed by atoms with van der Waals surface area (Å²) in [5.74, 6) is 0. The molecular formula is C11H22N2. The van der Waals surface area contributed by atoms with Gasteiger partial charge in [0.1, 0.15) is 0 Å². The minimum Gasteiger partial charge on any atom is -0.328 e. The van der Waals surface area contributed by atoms with Crippen LogP contribution in [-0.4, -0.2) is 30.1 Å². The highest BCUT2D eigenvalue weighted by Gasteiger charge is 2.32. The molecule has 0 saturated heterocycles. The first-order valence-corrected chi connectivity index (χ1v) is 5.75. The lowest BCUT2D eigenvalue weighted by Gasteiger charge is -2.44. The maximum atomic E-state index is 5.81. The van der Waals surface area contributed by atoms with Crippen LogP contribution >= 0.6 is 0 Å². The lowest BCUT2D eigenvalue weighted by atomic mass is 9.84. The van der Waals surface area contributed by atoms with Crippen molar-refractivity contribution in [2.75, 3.05) is 7.05 Å². The van der Waals surface area contributed by atoms with Crippen LogP contribution in [0.5, 0.6) is 0 Å². The normalized spacial score (nSPS) is 36.2. The minimum atomic E-state index is 0.496. The highest BCUT2D eigenvalue weighted by atomic mass is 15.2. The molecule has 76 valence electrons. The predicted molar refractivity (Wildman–Crippen MR) is 55.6 cm³/mol. The molecule has 2 rings (SSSR count). The van der Waals surface area contributed by atoms with E-state index >= 15 is 0 Å². The molecule has 0 aromatic rings. The van der Waals surface area contributed by atoms with Crippen LogP contribution < -0.4 is 5.73 Å². The molecule has 0 aromatic heterocycles. The van der Waals surface area contributed by atoms with Gasteiger partial charge in [0.15, 0.2) is 0 Å². The average Bonchev–Trinajstić information content (AvgIpc) is 2.13. The minimum absolute atomic E-state index is 0.496. The van der Waals surface area contributed by atoms with Gasteiger partial charge in [-0.2, -0.15) is 0 Å². The third kappa shape index (κ3) is 2.05. The standard InChI is InChI=1S/C11H22N2/c1-13(11-7-9(12)8-11)10-5-3-2-4-6-10/h9-11H,2-8,12H2,1H3. The van der Waals surface area contributed by atoms with Gasteiger partial charge < -0.3 is 10.6 Å². The van der Waals surface area contributed by atoms with Crippen LogP contribution in [0.25, 0.3) is 0 Å². The Morgan fingerprint density at radius 2 is 1.62 bits per heavy atom. The van der Waals surface area contributed by atoms with Gasteiger partial charge in [0.05, 0.1) is 0 Å². The summed E-state index contributed by atoms with van der Waals surface area (Å²) in [5, 5.41) is 0. The molecule has 0 aliphatic heterocycles. The zero-order valence-corrected chi connectivity index (χ0v) is 8.71. The van der Waals surface area contributed by atoms with E-state index in [9.17, 15) is 0 Å². The van der Waals surface area contributed by atoms with Crippen LogP contribution in [0.1, 0.15) is 44.9 Å². The lowest BCUT2D eigenvalue weighted by molar-refractivity contribution is 0.0756. The smallest absolute Gasteiger partial charge is 0.0125 e. The molecule has 0 heterocycles. The monoisotopic (exact) mass is 182 g/mol. The van der Waals surface area contributed by atoms with Gasteiger partial charge in [-0.05, 0) is 32.7 Å². The Balaban J connectivity index is 1.78. The summed E-state index contributed by atoms with van der Waals surface area (Å²) in [6, 6.07) is 2.17. The topological polar surface area (TPSA) is 29.3 Å². The van der Waals surface area contributed by atoms with E-state index in [1.165, 1.54) is 44.9 Å². The Kier molecular flexibility index (Phi) is 2.89. The van der Waals surface area contributed by atoms with Crippen molar-refractivity contribution in [1.29, 1.82) is 0 Å². The fourth-order valence-corrected chi connectivity index (χ4v) is 2.75. The Bertz CT molecular complexity index is 157. The summed E-state index contributed by atoms with van der Waals surface area (Å²) in [6.45, 7) is 0. The van der Waals surface area contributed by atoms with Gasteiger partial charge in [-0.25, -0.2) is 0 Å². The number of nitrogens with two attached hydrogens (primary N) is 1. The van der Waals surface area contributed by atoms with Gasteiger partial charge in [0, 0.05) is 18.1 Å². The van der Waals surface area contributed by atoms with Crippen molar-refractivity contribution >= 4 is 0 Å². The molecule has 2 N–H and O–H groups in total. The van der Waals surface area contributed by atoms with Gasteiger partial charge in [0.2, 0.25) is 0 Å². The summed E-state index contributed by atoms with van der Waals surface area (Å²) in [6.07, 6.45) is 9.63. The van der Waals surface area contributed by atoms with Crippen molar-refractivity contribution in [3.8, 4) is 0 Å². The second-order valence-electron chi connectivity index (χ2n) is 4.84. The highest BCUT2D eigenvalue weighted by Crippen LogP contribution is 2.29. The summed E-state index contributed by atoms with van der Waals surface area (Å²) >= 11 is 0. The quantitative estimate of drug-likeness (QED) is 0.705. The van der Waals surface area contributed by atoms with Crippen molar-refractivity contribution in [2.24, 2.45) is 5.73 Å². The molecule has 2 aliphatic carbocycles. The van der Waals surface area contributed by atoms with Crippen LogP contribution in [-0.2, 0) is 0 Å². The van der Waals surface area contributed by atoms with Crippen LogP contribution in [0.4, 0.5) is 0 Å². The SMILES string of the molecule is CN(C1CCCCC1)C1CC(N)C1. The van der Waals surface area contributed by atoms with Crippen molar-refractivity contribution in [2.45, 2.75) is 63.1 Å². The molecule has 0 aromatic carbocycles. The maximum Gasteiger partial charge on any atom is 0.0125 e. The van der Waals surface area contributed by atoms with Crippen LogP contribution in [0, 0.1) is 0 Å². The fourth-order valence-electron chi connectivity index (χ4n) is 2.75. The zero-order chi connectivity index (χ0) is 9.26. The Labute approximate surface area is 81.5 Å². The first-order chi connectivity index (χ1) is 6.27. The summed E-state index contributed by atoms with van der Waals surface area (Å²) in [7, 11) is 2.30. The van der Waals surface area contributed by atoms with E-state index in [0.29, 0.717) is 6.04 Å². The van der Waals surface area contributed by atoms with E-state index in [1.54, 1.807) is 0 Å². The van der Waals surface area contributed by atoms with Gasteiger partial charge in [-0.1, -0.05) is 19.3 Å². The molecule has 0 unspecified atom stereocenters. The second kappa shape index (κ2) is 3.97. The third-order valence-corrected chi connectivity index (χ3v) is 3.88. The van der Waals surface area contributed by atoms with E-state index in [-0.39, 0.29) is 0 Å². The predicted octanol–water partition coefficient (Wildman–Crippen LogP) is 1.74. The van der Waals surface area contributed by atoms with E-state index in [0.717, 1.165) is 12.1 Å². The highest BCUT2D eigenvalue weighted by molar-refractivity contribution is 4.91. The van der Waals surface area contributed by atoms with E-state index in [2.05, 4.69) is 11.9 Å². The average molecular weight is 182 g/mol. The van der Waals surface area contributed by atoms with Gasteiger partial charge >= 0.3 is 0 Å². The number of rotatable bonds is 2. The molecule has 0 bridgehead atoms. The summed E-state index contributed by atoms with van der Waals surface area (Å²) in [4.78, 5) is 2.60. The third-order valence-electron chi connectivity index (χ3n) is 3.88. The number of nitrogens with zero attached hydrogens (tertiary/aromatic N) is 1.